The van der Waals surface area contributed by atoms with E-state index in [4.69, 9.17) is 5.11 Å². The molecule has 1 amide bonds. The lowest BCUT2D eigenvalue weighted by atomic mass is 10.0. The number of hydrogen-bond donors (Lipinski definition) is 2. The molecule has 4 nitrogen and oxygen atoms in total. The number of benzene rings is 1. The number of hydrogen-bond acceptors (Lipinski definition) is 2. The van der Waals surface area contributed by atoms with Crippen LogP contribution in [-0.2, 0) is 9.59 Å². The summed E-state index contributed by atoms with van der Waals surface area (Å²) in [5.74, 6) is -0.961. The smallest absolute Gasteiger partial charge is 0.303 e. The molecule has 0 heterocycles. The molecule has 91 valence electrons. The van der Waals surface area contributed by atoms with E-state index in [2.05, 4.69) is 11.4 Å². The predicted molar refractivity (Wildman–Crippen MR) is 64.9 cm³/mol. The van der Waals surface area contributed by atoms with E-state index in [1.54, 1.807) is 12.1 Å². The summed E-state index contributed by atoms with van der Waals surface area (Å²) in [5.41, 5.74) is 1.73. The van der Waals surface area contributed by atoms with Gasteiger partial charge >= 0.3 is 5.97 Å². The first-order valence-corrected chi connectivity index (χ1v) is 5.52. The molecule has 0 saturated carbocycles. The molecule has 1 aromatic rings. The summed E-state index contributed by atoms with van der Waals surface area (Å²) in [4.78, 5) is 21.8. The van der Waals surface area contributed by atoms with Crippen molar-refractivity contribution in [2.45, 2.75) is 32.6 Å². The molecule has 1 aromatic carbocycles. The second-order valence-electron chi connectivity index (χ2n) is 4.11. The van der Waals surface area contributed by atoms with Crippen LogP contribution in [0.15, 0.2) is 18.2 Å². The summed E-state index contributed by atoms with van der Waals surface area (Å²) >= 11 is 0. The normalized spacial score (nSPS) is 10.3. The molecule has 0 aliphatic heterocycles. The lowest BCUT2D eigenvalue weighted by Gasteiger charge is -2.13. The minimum Gasteiger partial charge on any atom is -0.481 e. The van der Waals surface area contributed by atoms with Crippen molar-refractivity contribution < 1.29 is 14.7 Å². The summed E-state index contributed by atoms with van der Waals surface area (Å²) in [6, 6.07) is 8.29. The number of carbonyl (C=O) groups excluding carboxylic acids is 1. The van der Waals surface area contributed by atoms with Crippen LogP contribution < -0.4 is 5.32 Å². The predicted octanol–water partition coefficient (Wildman–Crippen LogP) is 2.41. The van der Waals surface area contributed by atoms with Crippen LogP contribution in [0.5, 0.6) is 0 Å². The highest BCUT2D eigenvalue weighted by Crippen LogP contribution is 2.23. The molecule has 0 aliphatic rings. The number of carboxylic acids is 1. The molecule has 17 heavy (non-hydrogen) atoms. The van der Waals surface area contributed by atoms with E-state index in [0.717, 1.165) is 5.56 Å². The van der Waals surface area contributed by atoms with Gasteiger partial charge in [-0.25, -0.2) is 0 Å². The van der Waals surface area contributed by atoms with Crippen LogP contribution >= 0.6 is 0 Å². The van der Waals surface area contributed by atoms with Crippen LogP contribution in [0.1, 0.15) is 38.2 Å². The van der Waals surface area contributed by atoms with Gasteiger partial charge in [-0.1, -0.05) is 26.0 Å². The molecule has 0 unspecified atom stereocenters. The molecule has 2 N–H and O–H groups in total. The molecule has 0 bridgehead atoms. The second-order valence-corrected chi connectivity index (χ2v) is 4.11. The standard InChI is InChI=1S/C13H16NO3/c1-9(2)10-5-3-4-6-11(10)14-12(15)7-8-13(16)17/h3,5-6,9H,7-8H2,1-2H3,(H,14,15)(H,16,17). The van der Waals surface area contributed by atoms with Crippen LogP contribution in [0.25, 0.3) is 0 Å². The largest absolute Gasteiger partial charge is 0.481 e. The van der Waals surface area contributed by atoms with Crippen molar-refractivity contribution in [2.24, 2.45) is 0 Å². The van der Waals surface area contributed by atoms with E-state index < -0.39 is 5.97 Å². The number of anilines is 1. The first kappa shape index (κ1) is 13.2. The summed E-state index contributed by atoms with van der Waals surface area (Å²) in [5, 5.41) is 11.2. The minimum atomic E-state index is -0.969. The van der Waals surface area contributed by atoms with Gasteiger partial charge in [0.15, 0.2) is 0 Å². The average Bonchev–Trinajstić information content (AvgIpc) is 2.27. The average molecular weight is 234 g/mol. The maximum atomic E-state index is 11.5. The third-order valence-corrected chi connectivity index (χ3v) is 2.36. The van der Waals surface area contributed by atoms with E-state index in [9.17, 15) is 9.59 Å². The maximum absolute atomic E-state index is 11.5. The highest BCUT2D eigenvalue weighted by molar-refractivity contribution is 5.93. The van der Waals surface area contributed by atoms with Crippen molar-refractivity contribution in [1.82, 2.24) is 0 Å². The number of amides is 1. The third kappa shape index (κ3) is 4.26. The Bertz CT molecular complexity index is 413. The van der Waals surface area contributed by atoms with Gasteiger partial charge in [0.1, 0.15) is 0 Å². The molecule has 1 rings (SSSR count). The van der Waals surface area contributed by atoms with Crippen molar-refractivity contribution >= 4 is 17.6 Å². The van der Waals surface area contributed by atoms with E-state index in [1.165, 1.54) is 0 Å². The van der Waals surface area contributed by atoms with Gasteiger partial charge in [0.2, 0.25) is 5.91 Å². The second kappa shape index (κ2) is 6.03. The zero-order valence-electron chi connectivity index (χ0n) is 9.99. The molecular formula is C13H16NO3. The highest BCUT2D eigenvalue weighted by Gasteiger charge is 2.10. The van der Waals surface area contributed by atoms with E-state index in [1.807, 2.05) is 19.9 Å². The monoisotopic (exact) mass is 234 g/mol. The van der Waals surface area contributed by atoms with Crippen LogP contribution in [-0.4, -0.2) is 17.0 Å². The molecule has 0 saturated heterocycles. The maximum Gasteiger partial charge on any atom is 0.303 e. The quantitative estimate of drug-likeness (QED) is 0.822. The van der Waals surface area contributed by atoms with Gasteiger partial charge in [0, 0.05) is 12.1 Å². The SMILES string of the molecule is CC(C)c1cc[c]cc1NC(=O)CCC(=O)O. The number of carbonyl (C=O) groups is 2. The van der Waals surface area contributed by atoms with Gasteiger partial charge < -0.3 is 10.4 Å². The van der Waals surface area contributed by atoms with Crippen LogP contribution in [0.2, 0.25) is 0 Å². The molecule has 0 spiro atoms. The Labute approximate surface area is 101 Å². The zero-order valence-corrected chi connectivity index (χ0v) is 9.99. The third-order valence-electron chi connectivity index (χ3n) is 2.36. The molecule has 0 aliphatic carbocycles. The molecule has 1 radical (unpaired) electrons. The Morgan fingerprint density at radius 2 is 2.12 bits per heavy atom. The van der Waals surface area contributed by atoms with E-state index in [0.29, 0.717) is 11.6 Å². The van der Waals surface area contributed by atoms with Crippen LogP contribution in [0, 0.1) is 6.07 Å². The summed E-state index contributed by atoms with van der Waals surface area (Å²) in [7, 11) is 0. The lowest BCUT2D eigenvalue weighted by molar-refractivity contribution is -0.138. The van der Waals surface area contributed by atoms with Gasteiger partial charge in [0.05, 0.1) is 6.42 Å². The van der Waals surface area contributed by atoms with Gasteiger partial charge in [-0.15, -0.1) is 0 Å². The Kier molecular flexibility index (Phi) is 4.69. The Morgan fingerprint density at radius 1 is 1.41 bits per heavy atom. The Hall–Kier alpha value is -1.84. The topological polar surface area (TPSA) is 66.4 Å². The minimum absolute atomic E-state index is 0.0121. The van der Waals surface area contributed by atoms with Crippen LogP contribution in [0.3, 0.4) is 0 Å². The van der Waals surface area contributed by atoms with Crippen molar-refractivity contribution in [3.8, 4) is 0 Å². The van der Waals surface area contributed by atoms with Crippen molar-refractivity contribution in [2.75, 3.05) is 5.32 Å². The van der Waals surface area contributed by atoms with Crippen molar-refractivity contribution in [3.63, 3.8) is 0 Å². The van der Waals surface area contributed by atoms with Gasteiger partial charge in [-0.3, -0.25) is 9.59 Å². The van der Waals surface area contributed by atoms with E-state index in [-0.39, 0.29) is 18.7 Å². The van der Waals surface area contributed by atoms with Crippen molar-refractivity contribution in [1.29, 1.82) is 0 Å². The fourth-order valence-corrected chi connectivity index (χ4v) is 1.49. The first-order valence-electron chi connectivity index (χ1n) is 5.52. The summed E-state index contributed by atoms with van der Waals surface area (Å²) in [6.07, 6.45) is -0.166. The van der Waals surface area contributed by atoms with Gasteiger partial charge in [0.25, 0.3) is 0 Å². The zero-order chi connectivity index (χ0) is 12.8. The van der Waals surface area contributed by atoms with Crippen LogP contribution in [0.4, 0.5) is 5.69 Å². The molecule has 4 heteroatoms. The van der Waals surface area contributed by atoms with Gasteiger partial charge in [-0.05, 0) is 23.6 Å². The first-order chi connectivity index (χ1) is 8.00. The number of carboxylic acid groups (broad SMARTS) is 1. The Balaban J connectivity index is 2.68. The molecule has 0 atom stereocenters. The van der Waals surface area contributed by atoms with Crippen molar-refractivity contribution in [3.05, 3.63) is 29.8 Å². The molecule has 0 fully saturated rings. The number of rotatable bonds is 5. The molecular weight excluding hydrogens is 218 g/mol. The number of nitrogens with one attached hydrogen (secondary N) is 1. The molecule has 0 aromatic heterocycles. The number of aliphatic carboxylic acids is 1. The fraction of sp³-hybridized carbons (Fsp3) is 0.385. The highest BCUT2D eigenvalue weighted by atomic mass is 16.4. The summed E-state index contributed by atoms with van der Waals surface area (Å²) in [6.45, 7) is 4.06. The Morgan fingerprint density at radius 3 is 2.71 bits per heavy atom. The summed E-state index contributed by atoms with van der Waals surface area (Å²) < 4.78 is 0. The van der Waals surface area contributed by atoms with E-state index >= 15 is 0 Å². The lowest BCUT2D eigenvalue weighted by Crippen LogP contribution is -2.14. The van der Waals surface area contributed by atoms with Gasteiger partial charge in [-0.2, -0.15) is 0 Å². The fourth-order valence-electron chi connectivity index (χ4n) is 1.49.